The molecule has 0 fully saturated rings. The number of primary amides is 1. The lowest BCUT2D eigenvalue weighted by Crippen LogP contribution is -2.20. The second-order valence-electron chi connectivity index (χ2n) is 2.73. The molecule has 0 saturated heterocycles. The van der Waals surface area contributed by atoms with E-state index in [1.807, 2.05) is 14.1 Å². The standard InChI is InChI=1S/C7H16N2O/c1-9(2)6-4-3-5-7(8)10/h3-6H2,1-2H3,(H2,8,10)/q+1. The number of rotatable bonds is 5. The Hall–Kier alpha value is -0.570. The second-order valence-corrected chi connectivity index (χ2v) is 2.73. The average Bonchev–Trinajstić information content (AvgIpc) is 1.79. The van der Waals surface area contributed by atoms with Crippen molar-refractivity contribution in [2.45, 2.75) is 19.3 Å². The van der Waals surface area contributed by atoms with E-state index in [9.17, 15) is 4.79 Å². The normalized spacial score (nSPS) is 10.3. The highest BCUT2D eigenvalue weighted by molar-refractivity contribution is 5.73. The molecular formula is C7H16N2O+. The van der Waals surface area contributed by atoms with Gasteiger partial charge in [0, 0.05) is 12.8 Å². The topological polar surface area (TPSA) is 49.0 Å². The molecular weight excluding hydrogens is 128 g/mol. The van der Waals surface area contributed by atoms with E-state index in [0.717, 1.165) is 19.4 Å². The first-order valence-electron chi connectivity index (χ1n) is 3.56. The van der Waals surface area contributed by atoms with Gasteiger partial charge in [0.05, 0.1) is 0 Å². The quantitative estimate of drug-likeness (QED) is 0.430. The van der Waals surface area contributed by atoms with Crippen molar-refractivity contribution < 1.29 is 4.79 Å². The molecule has 0 aromatic rings. The molecule has 1 radical (unpaired) electrons. The van der Waals surface area contributed by atoms with Crippen LogP contribution in [0.4, 0.5) is 0 Å². The van der Waals surface area contributed by atoms with Crippen LogP contribution in [0.2, 0.25) is 0 Å². The van der Waals surface area contributed by atoms with Crippen molar-refractivity contribution in [1.82, 2.24) is 4.90 Å². The molecule has 3 nitrogen and oxygen atoms in total. The Kier molecular flexibility index (Phi) is 4.94. The molecule has 0 saturated carbocycles. The van der Waals surface area contributed by atoms with Crippen LogP contribution >= 0.6 is 0 Å². The van der Waals surface area contributed by atoms with Gasteiger partial charge < -0.3 is 5.73 Å². The number of nitrogens with zero attached hydrogens (tertiary/aromatic N) is 1. The van der Waals surface area contributed by atoms with Gasteiger partial charge >= 0.3 is 0 Å². The highest BCUT2D eigenvalue weighted by Gasteiger charge is 1.99. The summed E-state index contributed by atoms with van der Waals surface area (Å²) in [6, 6.07) is 0. The summed E-state index contributed by atoms with van der Waals surface area (Å²) in [6.07, 6.45) is 2.48. The van der Waals surface area contributed by atoms with Gasteiger partial charge in [-0.2, -0.15) is 4.90 Å². The van der Waals surface area contributed by atoms with Gasteiger partial charge in [0.25, 0.3) is 0 Å². The molecule has 0 bridgehead atoms. The van der Waals surface area contributed by atoms with Crippen molar-refractivity contribution in [3.8, 4) is 0 Å². The molecule has 0 aromatic carbocycles. The summed E-state index contributed by atoms with van der Waals surface area (Å²) in [6.45, 7) is 1.03. The Labute approximate surface area is 62.2 Å². The molecule has 0 aliphatic heterocycles. The highest BCUT2D eigenvalue weighted by Crippen LogP contribution is 1.93. The summed E-state index contributed by atoms with van der Waals surface area (Å²) in [5.41, 5.74) is 4.96. The van der Waals surface area contributed by atoms with E-state index in [4.69, 9.17) is 5.73 Å². The first-order chi connectivity index (χ1) is 4.63. The predicted molar refractivity (Wildman–Crippen MR) is 41.9 cm³/mol. The van der Waals surface area contributed by atoms with Crippen LogP contribution in [-0.4, -0.2) is 26.5 Å². The monoisotopic (exact) mass is 144 g/mol. The molecule has 0 rings (SSSR count). The van der Waals surface area contributed by atoms with E-state index in [1.54, 1.807) is 0 Å². The van der Waals surface area contributed by atoms with E-state index in [1.165, 1.54) is 0 Å². The van der Waals surface area contributed by atoms with Crippen LogP contribution in [0.25, 0.3) is 0 Å². The van der Waals surface area contributed by atoms with E-state index < -0.39 is 0 Å². The number of hydrogen-bond donors (Lipinski definition) is 1. The Bertz CT molecular complexity index is 102. The van der Waals surface area contributed by atoms with Gasteiger partial charge in [-0.1, -0.05) is 0 Å². The third-order valence-corrected chi connectivity index (χ3v) is 1.28. The van der Waals surface area contributed by atoms with E-state index >= 15 is 0 Å². The van der Waals surface area contributed by atoms with E-state index in [0.29, 0.717) is 6.42 Å². The lowest BCUT2D eigenvalue weighted by molar-refractivity contribution is -0.118. The zero-order valence-electron chi connectivity index (χ0n) is 6.76. The van der Waals surface area contributed by atoms with Gasteiger partial charge in [-0.25, -0.2) is 0 Å². The predicted octanol–water partition coefficient (Wildman–Crippen LogP) is 0.0417. The zero-order chi connectivity index (χ0) is 7.98. The molecule has 2 N–H and O–H groups in total. The third kappa shape index (κ3) is 7.43. The minimum Gasteiger partial charge on any atom is -0.370 e. The van der Waals surface area contributed by atoms with Crippen molar-refractivity contribution in [3.05, 3.63) is 0 Å². The van der Waals surface area contributed by atoms with Crippen molar-refractivity contribution in [2.24, 2.45) is 5.73 Å². The number of unbranched alkanes of at least 4 members (excludes halogenated alkanes) is 1. The summed E-state index contributed by atoms with van der Waals surface area (Å²) in [7, 11) is 4.04. The fourth-order valence-electron chi connectivity index (χ4n) is 0.727. The van der Waals surface area contributed by atoms with Crippen LogP contribution in [0.15, 0.2) is 0 Å². The lowest BCUT2D eigenvalue weighted by Gasteiger charge is -1.98. The van der Waals surface area contributed by atoms with Gasteiger partial charge in [-0.3, -0.25) is 4.79 Å². The molecule has 1 amide bonds. The number of amides is 1. The fraction of sp³-hybridized carbons (Fsp3) is 0.857. The molecule has 0 aromatic heterocycles. The third-order valence-electron chi connectivity index (χ3n) is 1.28. The van der Waals surface area contributed by atoms with Crippen molar-refractivity contribution in [3.63, 3.8) is 0 Å². The number of carbonyl (C=O) groups is 1. The molecule has 0 unspecified atom stereocenters. The smallest absolute Gasteiger partial charge is 0.217 e. The first-order valence-corrected chi connectivity index (χ1v) is 3.56. The summed E-state index contributed by atoms with van der Waals surface area (Å²) < 4.78 is 0. The van der Waals surface area contributed by atoms with Crippen LogP contribution in [0.3, 0.4) is 0 Å². The Morgan fingerprint density at radius 3 is 2.40 bits per heavy atom. The first kappa shape index (κ1) is 9.43. The molecule has 0 aliphatic rings. The number of hydrogen-bond acceptors (Lipinski definition) is 2. The maximum absolute atomic E-state index is 10.3. The zero-order valence-corrected chi connectivity index (χ0v) is 6.76. The molecule has 0 heterocycles. The van der Waals surface area contributed by atoms with Crippen molar-refractivity contribution in [1.29, 1.82) is 0 Å². The van der Waals surface area contributed by atoms with Gasteiger partial charge in [0.15, 0.2) is 0 Å². The Morgan fingerprint density at radius 1 is 1.40 bits per heavy atom. The second kappa shape index (κ2) is 5.23. The molecule has 3 heteroatoms. The van der Waals surface area contributed by atoms with Crippen LogP contribution in [0, 0.1) is 0 Å². The molecule has 10 heavy (non-hydrogen) atoms. The van der Waals surface area contributed by atoms with Gasteiger partial charge in [-0.15, -0.1) is 0 Å². The average molecular weight is 144 g/mol. The summed E-state index contributed by atoms with van der Waals surface area (Å²) in [4.78, 5) is 12.4. The summed E-state index contributed by atoms with van der Waals surface area (Å²) >= 11 is 0. The van der Waals surface area contributed by atoms with Crippen LogP contribution in [0.5, 0.6) is 0 Å². The van der Waals surface area contributed by atoms with Gasteiger partial charge in [0.2, 0.25) is 5.91 Å². The Morgan fingerprint density at radius 2 is 2.00 bits per heavy atom. The number of carbonyl (C=O) groups excluding carboxylic acids is 1. The van der Waals surface area contributed by atoms with Gasteiger partial charge in [-0.05, 0) is 6.42 Å². The van der Waals surface area contributed by atoms with Crippen LogP contribution in [-0.2, 0) is 4.79 Å². The maximum Gasteiger partial charge on any atom is 0.217 e. The maximum atomic E-state index is 10.3. The fourth-order valence-corrected chi connectivity index (χ4v) is 0.727. The largest absolute Gasteiger partial charge is 0.370 e. The molecule has 0 spiro atoms. The van der Waals surface area contributed by atoms with Crippen molar-refractivity contribution >= 4 is 5.91 Å². The minimum absolute atomic E-state index is 0.196. The lowest BCUT2D eigenvalue weighted by atomic mass is 10.2. The molecule has 0 aliphatic carbocycles. The molecule has 59 valence electrons. The molecule has 0 atom stereocenters. The van der Waals surface area contributed by atoms with Gasteiger partial charge in [0.1, 0.15) is 20.6 Å². The van der Waals surface area contributed by atoms with Crippen LogP contribution < -0.4 is 10.6 Å². The SMILES string of the molecule is C[N+](C)CCCCC(N)=O. The highest BCUT2D eigenvalue weighted by atomic mass is 16.1. The summed E-state index contributed by atoms with van der Waals surface area (Å²) in [5.74, 6) is -0.196. The summed E-state index contributed by atoms with van der Waals surface area (Å²) in [5, 5.41) is 0. The van der Waals surface area contributed by atoms with Crippen LogP contribution in [0.1, 0.15) is 19.3 Å². The number of nitrogens with two attached hydrogens (primary N) is 1. The Balaban J connectivity index is 2.98. The van der Waals surface area contributed by atoms with Crippen molar-refractivity contribution in [2.75, 3.05) is 20.6 Å². The minimum atomic E-state index is -0.196. The van der Waals surface area contributed by atoms with E-state index in [2.05, 4.69) is 4.90 Å². The van der Waals surface area contributed by atoms with E-state index in [-0.39, 0.29) is 5.91 Å².